The average Bonchev–Trinajstić information content (AvgIpc) is 3.16. The molecule has 1 amide bonds. The molecule has 124 valence electrons. The molecule has 0 fully saturated rings. The Kier molecular flexibility index (Phi) is 4.77. The number of carbonyl (C=O) groups excluding carboxylic acids is 1. The second-order valence-corrected chi connectivity index (χ2v) is 5.47. The number of phenolic OH excluding ortho intramolecular Hbond substituents is 1. The number of phenols is 1. The molecule has 0 saturated heterocycles. The predicted octanol–water partition coefficient (Wildman–Crippen LogP) is 2.89. The molecule has 1 heterocycles. The van der Waals surface area contributed by atoms with E-state index in [0.717, 1.165) is 5.56 Å². The highest BCUT2D eigenvalue weighted by Gasteiger charge is 2.17. The van der Waals surface area contributed by atoms with Crippen LogP contribution in [0.1, 0.15) is 17.5 Å². The molecule has 1 N–H and O–H groups in total. The van der Waals surface area contributed by atoms with Gasteiger partial charge in [-0.3, -0.25) is 4.79 Å². The van der Waals surface area contributed by atoms with Crippen molar-refractivity contribution < 1.29 is 9.90 Å². The standard InChI is InChI=1S/C19H16N4O2/c20-13-16-1-6-17(7-2-16)23(22-12-11-21-14-22)19(25)10-5-15-3-8-18(24)9-4-15/h1-4,6-9,11-12,14,24H,5,10H2. The van der Waals surface area contributed by atoms with Crippen LogP contribution < -0.4 is 5.01 Å². The molecule has 0 bridgehead atoms. The molecular weight excluding hydrogens is 316 g/mol. The van der Waals surface area contributed by atoms with Crippen LogP contribution >= 0.6 is 0 Å². The summed E-state index contributed by atoms with van der Waals surface area (Å²) in [6.45, 7) is 0. The molecule has 0 radical (unpaired) electrons. The Morgan fingerprint density at radius 1 is 1.16 bits per heavy atom. The normalized spacial score (nSPS) is 10.2. The van der Waals surface area contributed by atoms with Crippen LogP contribution in [0.5, 0.6) is 5.75 Å². The summed E-state index contributed by atoms with van der Waals surface area (Å²) in [7, 11) is 0. The monoisotopic (exact) mass is 332 g/mol. The van der Waals surface area contributed by atoms with Crippen LogP contribution in [0, 0.1) is 11.3 Å². The lowest BCUT2D eigenvalue weighted by molar-refractivity contribution is -0.119. The lowest BCUT2D eigenvalue weighted by atomic mass is 10.1. The first-order chi connectivity index (χ1) is 12.2. The van der Waals surface area contributed by atoms with Crippen molar-refractivity contribution in [3.8, 4) is 11.8 Å². The van der Waals surface area contributed by atoms with Gasteiger partial charge in [-0.2, -0.15) is 5.26 Å². The minimum absolute atomic E-state index is 0.101. The number of anilines is 1. The SMILES string of the molecule is N#Cc1ccc(N(C(=O)CCc2ccc(O)cc2)n2ccnc2)cc1. The quantitative estimate of drug-likeness (QED) is 0.779. The molecule has 2 aromatic carbocycles. The molecule has 0 saturated carbocycles. The van der Waals surface area contributed by atoms with E-state index in [9.17, 15) is 9.90 Å². The third-order valence-electron chi connectivity index (χ3n) is 3.76. The van der Waals surface area contributed by atoms with Gasteiger partial charge in [0.1, 0.15) is 12.1 Å². The highest BCUT2D eigenvalue weighted by molar-refractivity contribution is 5.93. The van der Waals surface area contributed by atoms with Crippen molar-refractivity contribution in [2.24, 2.45) is 0 Å². The fourth-order valence-electron chi connectivity index (χ4n) is 2.47. The number of hydrogen-bond donors (Lipinski definition) is 1. The molecule has 0 aliphatic rings. The number of benzene rings is 2. The number of aromatic hydroxyl groups is 1. The molecule has 6 nitrogen and oxygen atoms in total. The van der Waals surface area contributed by atoms with E-state index in [4.69, 9.17) is 5.26 Å². The molecule has 3 rings (SSSR count). The molecular formula is C19H16N4O2. The molecule has 0 unspecified atom stereocenters. The summed E-state index contributed by atoms with van der Waals surface area (Å²) in [5, 5.41) is 19.8. The number of nitriles is 1. The van der Waals surface area contributed by atoms with E-state index < -0.39 is 0 Å². The fourth-order valence-corrected chi connectivity index (χ4v) is 2.47. The van der Waals surface area contributed by atoms with Crippen LogP contribution in [0.2, 0.25) is 0 Å². The van der Waals surface area contributed by atoms with E-state index in [1.165, 1.54) is 5.01 Å². The third-order valence-corrected chi connectivity index (χ3v) is 3.76. The zero-order valence-corrected chi connectivity index (χ0v) is 13.4. The van der Waals surface area contributed by atoms with Crippen LogP contribution in [-0.4, -0.2) is 20.7 Å². The van der Waals surface area contributed by atoms with Gasteiger partial charge in [0, 0.05) is 18.8 Å². The van der Waals surface area contributed by atoms with Crippen molar-refractivity contribution in [3.63, 3.8) is 0 Å². The molecule has 0 aliphatic heterocycles. The lowest BCUT2D eigenvalue weighted by Gasteiger charge is -2.23. The van der Waals surface area contributed by atoms with Gasteiger partial charge in [-0.25, -0.2) is 14.7 Å². The van der Waals surface area contributed by atoms with Gasteiger partial charge in [0.2, 0.25) is 5.91 Å². The number of rotatable bonds is 5. The maximum absolute atomic E-state index is 12.8. The highest BCUT2D eigenvalue weighted by atomic mass is 16.3. The first-order valence-electron chi connectivity index (χ1n) is 7.76. The largest absolute Gasteiger partial charge is 0.508 e. The van der Waals surface area contributed by atoms with Gasteiger partial charge in [-0.1, -0.05) is 12.1 Å². The summed E-state index contributed by atoms with van der Waals surface area (Å²) in [4.78, 5) is 16.8. The van der Waals surface area contributed by atoms with E-state index in [-0.39, 0.29) is 11.7 Å². The molecule has 0 spiro atoms. The van der Waals surface area contributed by atoms with E-state index in [2.05, 4.69) is 11.1 Å². The molecule has 3 aromatic rings. The number of hydrogen-bond acceptors (Lipinski definition) is 4. The first kappa shape index (κ1) is 16.3. The maximum atomic E-state index is 12.8. The van der Waals surface area contributed by atoms with Crippen molar-refractivity contribution in [2.75, 3.05) is 5.01 Å². The second-order valence-electron chi connectivity index (χ2n) is 5.47. The maximum Gasteiger partial charge on any atom is 0.246 e. The zero-order chi connectivity index (χ0) is 17.6. The summed E-state index contributed by atoms with van der Waals surface area (Å²) < 4.78 is 1.61. The number of nitrogens with zero attached hydrogens (tertiary/aromatic N) is 4. The topological polar surface area (TPSA) is 82.1 Å². The van der Waals surface area contributed by atoms with Crippen molar-refractivity contribution >= 4 is 11.6 Å². The Morgan fingerprint density at radius 2 is 1.88 bits per heavy atom. The van der Waals surface area contributed by atoms with Crippen LogP contribution in [0.15, 0.2) is 67.3 Å². The number of aromatic nitrogens is 2. The van der Waals surface area contributed by atoms with E-state index in [1.807, 2.05) is 0 Å². The van der Waals surface area contributed by atoms with Gasteiger partial charge in [0.05, 0.1) is 17.3 Å². The third kappa shape index (κ3) is 3.85. The average molecular weight is 332 g/mol. The summed E-state index contributed by atoms with van der Waals surface area (Å²) in [5.74, 6) is 0.100. The Labute approximate surface area is 145 Å². The number of imidazole rings is 1. The van der Waals surface area contributed by atoms with Gasteiger partial charge >= 0.3 is 0 Å². The number of aryl methyl sites for hydroxylation is 1. The van der Waals surface area contributed by atoms with Gasteiger partial charge in [-0.05, 0) is 48.4 Å². The summed E-state index contributed by atoms with van der Waals surface area (Å²) in [5.41, 5.74) is 2.16. The van der Waals surface area contributed by atoms with Crippen LogP contribution in [0.4, 0.5) is 5.69 Å². The highest BCUT2D eigenvalue weighted by Crippen LogP contribution is 2.19. The molecule has 6 heteroatoms. The smallest absolute Gasteiger partial charge is 0.246 e. The molecule has 0 aliphatic carbocycles. The van der Waals surface area contributed by atoms with Crippen LogP contribution in [0.25, 0.3) is 0 Å². The fraction of sp³-hybridized carbons (Fsp3) is 0.105. The van der Waals surface area contributed by atoms with E-state index in [1.54, 1.807) is 71.9 Å². The Hall–Kier alpha value is -3.59. The Balaban J connectivity index is 1.80. The Morgan fingerprint density at radius 3 is 2.48 bits per heavy atom. The zero-order valence-electron chi connectivity index (χ0n) is 13.4. The summed E-state index contributed by atoms with van der Waals surface area (Å²) >= 11 is 0. The van der Waals surface area contributed by atoms with Gasteiger partial charge in [0.15, 0.2) is 0 Å². The van der Waals surface area contributed by atoms with Crippen molar-refractivity contribution in [2.45, 2.75) is 12.8 Å². The number of carbonyl (C=O) groups is 1. The first-order valence-corrected chi connectivity index (χ1v) is 7.76. The molecule has 1 aromatic heterocycles. The number of amides is 1. The van der Waals surface area contributed by atoms with Crippen molar-refractivity contribution in [3.05, 3.63) is 78.4 Å². The lowest BCUT2D eigenvalue weighted by Crippen LogP contribution is -2.35. The van der Waals surface area contributed by atoms with Gasteiger partial charge in [-0.15, -0.1) is 0 Å². The van der Waals surface area contributed by atoms with Crippen LogP contribution in [0.3, 0.4) is 0 Å². The van der Waals surface area contributed by atoms with Crippen LogP contribution in [-0.2, 0) is 11.2 Å². The van der Waals surface area contributed by atoms with Crippen molar-refractivity contribution in [1.29, 1.82) is 5.26 Å². The minimum Gasteiger partial charge on any atom is -0.508 e. The predicted molar refractivity (Wildman–Crippen MR) is 92.7 cm³/mol. The second kappa shape index (κ2) is 7.32. The van der Waals surface area contributed by atoms with E-state index >= 15 is 0 Å². The Bertz CT molecular complexity index is 879. The van der Waals surface area contributed by atoms with Crippen molar-refractivity contribution in [1.82, 2.24) is 9.66 Å². The minimum atomic E-state index is -0.101. The molecule has 25 heavy (non-hydrogen) atoms. The van der Waals surface area contributed by atoms with Gasteiger partial charge < -0.3 is 5.11 Å². The summed E-state index contributed by atoms with van der Waals surface area (Å²) in [6, 6.07) is 15.7. The summed E-state index contributed by atoms with van der Waals surface area (Å²) in [6.07, 6.45) is 5.70. The van der Waals surface area contributed by atoms with E-state index in [0.29, 0.717) is 24.1 Å². The van der Waals surface area contributed by atoms with Gasteiger partial charge in [0.25, 0.3) is 0 Å². The molecule has 0 atom stereocenters.